The lowest BCUT2D eigenvalue weighted by Crippen LogP contribution is -2.32. The summed E-state index contributed by atoms with van der Waals surface area (Å²) in [5, 5.41) is 0. The molecule has 2 nitrogen and oxygen atoms in total. The van der Waals surface area contributed by atoms with Crippen molar-refractivity contribution < 1.29 is 9.53 Å². The zero-order chi connectivity index (χ0) is 9.84. The molecule has 1 saturated carbocycles. The van der Waals surface area contributed by atoms with Crippen molar-refractivity contribution in [2.75, 3.05) is 0 Å². The summed E-state index contributed by atoms with van der Waals surface area (Å²) in [6.45, 7) is 5.94. The molecule has 2 unspecified atom stereocenters. The van der Waals surface area contributed by atoms with Gasteiger partial charge in [0.05, 0.1) is 0 Å². The summed E-state index contributed by atoms with van der Waals surface area (Å²) in [4.78, 5) is 10.9. The fraction of sp³-hybridized carbons (Fsp3) is 0.909. The van der Waals surface area contributed by atoms with Gasteiger partial charge in [0.25, 0.3) is 0 Å². The Hall–Kier alpha value is -0.530. The lowest BCUT2D eigenvalue weighted by Gasteiger charge is -2.33. The molecule has 0 N–H and O–H groups in total. The third-order valence-electron chi connectivity index (χ3n) is 2.93. The molecule has 1 aliphatic carbocycles. The number of rotatable bonds is 2. The molecule has 0 aliphatic heterocycles. The Morgan fingerprint density at radius 2 is 1.92 bits per heavy atom. The number of hydrogen-bond donors (Lipinski definition) is 0. The van der Waals surface area contributed by atoms with Gasteiger partial charge in [-0.05, 0) is 31.1 Å². The SMILES string of the molecule is CC(=O)OC1CCCCC1C(C)C. The molecule has 0 aromatic heterocycles. The molecule has 1 fully saturated rings. The van der Waals surface area contributed by atoms with Crippen LogP contribution in [0.2, 0.25) is 0 Å². The average molecular weight is 184 g/mol. The molecule has 0 aromatic carbocycles. The summed E-state index contributed by atoms with van der Waals surface area (Å²) in [7, 11) is 0. The second-order valence-electron chi connectivity index (χ2n) is 4.34. The highest BCUT2D eigenvalue weighted by Gasteiger charge is 2.29. The van der Waals surface area contributed by atoms with E-state index in [9.17, 15) is 4.79 Å². The normalized spacial score (nSPS) is 28.9. The number of esters is 1. The van der Waals surface area contributed by atoms with Crippen LogP contribution in [0.3, 0.4) is 0 Å². The Morgan fingerprint density at radius 1 is 1.31 bits per heavy atom. The molecule has 0 radical (unpaired) electrons. The van der Waals surface area contributed by atoms with E-state index in [0.717, 1.165) is 6.42 Å². The minimum absolute atomic E-state index is 0.127. The number of carbonyl (C=O) groups is 1. The lowest BCUT2D eigenvalue weighted by molar-refractivity contribution is -0.151. The van der Waals surface area contributed by atoms with E-state index in [0.29, 0.717) is 11.8 Å². The van der Waals surface area contributed by atoms with Crippen molar-refractivity contribution in [2.24, 2.45) is 11.8 Å². The fourth-order valence-corrected chi connectivity index (χ4v) is 2.25. The first-order valence-electron chi connectivity index (χ1n) is 5.28. The van der Waals surface area contributed by atoms with E-state index in [2.05, 4.69) is 13.8 Å². The molecule has 13 heavy (non-hydrogen) atoms. The van der Waals surface area contributed by atoms with Gasteiger partial charge in [-0.2, -0.15) is 0 Å². The highest BCUT2D eigenvalue weighted by atomic mass is 16.5. The minimum Gasteiger partial charge on any atom is -0.462 e. The molecular formula is C11H20O2. The molecule has 1 rings (SSSR count). The standard InChI is InChI=1S/C11H20O2/c1-8(2)10-6-4-5-7-11(10)13-9(3)12/h8,10-11H,4-7H2,1-3H3. The molecule has 0 amide bonds. The van der Waals surface area contributed by atoms with Gasteiger partial charge in [0.1, 0.15) is 6.10 Å². The predicted molar refractivity (Wildman–Crippen MR) is 52.4 cm³/mol. The van der Waals surface area contributed by atoms with Crippen molar-refractivity contribution in [3.63, 3.8) is 0 Å². The molecule has 1 aliphatic rings. The van der Waals surface area contributed by atoms with Crippen LogP contribution in [0.1, 0.15) is 46.5 Å². The van der Waals surface area contributed by atoms with Crippen molar-refractivity contribution in [2.45, 2.75) is 52.6 Å². The van der Waals surface area contributed by atoms with Crippen molar-refractivity contribution in [1.82, 2.24) is 0 Å². The molecular weight excluding hydrogens is 164 g/mol. The number of carbonyl (C=O) groups excluding carboxylic acids is 1. The van der Waals surface area contributed by atoms with E-state index in [4.69, 9.17) is 4.74 Å². The maximum atomic E-state index is 10.9. The van der Waals surface area contributed by atoms with Crippen LogP contribution in [0, 0.1) is 11.8 Å². The smallest absolute Gasteiger partial charge is 0.302 e. The first-order valence-corrected chi connectivity index (χ1v) is 5.28. The maximum Gasteiger partial charge on any atom is 0.302 e. The molecule has 0 spiro atoms. The largest absolute Gasteiger partial charge is 0.462 e. The van der Waals surface area contributed by atoms with E-state index in [1.165, 1.54) is 26.2 Å². The predicted octanol–water partition coefficient (Wildman–Crippen LogP) is 2.76. The van der Waals surface area contributed by atoms with Crippen LogP contribution in [-0.2, 0) is 9.53 Å². The molecule has 2 atom stereocenters. The van der Waals surface area contributed by atoms with E-state index in [1.807, 2.05) is 0 Å². The molecule has 0 aromatic rings. The van der Waals surface area contributed by atoms with E-state index in [1.54, 1.807) is 0 Å². The van der Waals surface area contributed by atoms with Gasteiger partial charge in [0.2, 0.25) is 0 Å². The van der Waals surface area contributed by atoms with Gasteiger partial charge in [-0.1, -0.05) is 20.3 Å². The van der Waals surface area contributed by atoms with Gasteiger partial charge >= 0.3 is 5.97 Å². The van der Waals surface area contributed by atoms with Crippen LogP contribution in [0.5, 0.6) is 0 Å². The summed E-state index contributed by atoms with van der Waals surface area (Å²) in [5.41, 5.74) is 0. The topological polar surface area (TPSA) is 26.3 Å². The quantitative estimate of drug-likeness (QED) is 0.617. The monoisotopic (exact) mass is 184 g/mol. The first-order chi connectivity index (χ1) is 6.11. The maximum absolute atomic E-state index is 10.9. The highest BCUT2D eigenvalue weighted by Crippen LogP contribution is 2.32. The van der Waals surface area contributed by atoms with E-state index < -0.39 is 0 Å². The Labute approximate surface area is 80.7 Å². The van der Waals surface area contributed by atoms with Crippen LogP contribution < -0.4 is 0 Å². The summed E-state index contributed by atoms with van der Waals surface area (Å²) in [6, 6.07) is 0. The van der Waals surface area contributed by atoms with Crippen molar-refractivity contribution in [3.05, 3.63) is 0 Å². The molecule has 76 valence electrons. The van der Waals surface area contributed by atoms with Crippen LogP contribution >= 0.6 is 0 Å². The average Bonchev–Trinajstić information content (AvgIpc) is 2.03. The van der Waals surface area contributed by atoms with Gasteiger partial charge in [-0.3, -0.25) is 4.79 Å². The van der Waals surface area contributed by atoms with Crippen molar-refractivity contribution >= 4 is 5.97 Å². The molecule has 0 saturated heterocycles. The van der Waals surface area contributed by atoms with Gasteiger partial charge < -0.3 is 4.74 Å². The fourth-order valence-electron chi connectivity index (χ4n) is 2.25. The van der Waals surface area contributed by atoms with E-state index >= 15 is 0 Å². The summed E-state index contributed by atoms with van der Waals surface area (Å²) in [6.07, 6.45) is 4.96. The molecule has 0 bridgehead atoms. The van der Waals surface area contributed by atoms with Gasteiger partial charge in [0.15, 0.2) is 0 Å². The summed E-state index contributed by atoms with van der Waals surface area (Å²) >= 11 is 0. The Kier molecular flexibility index (Phi) is 3.76. The Morgan fingerprint density at radius 3 is 2.46 bits per heavy atom. The van der Waals surface area contributed by atoms with Crippen LogP contribution in [0.4, 0.5) is 0 Å². The number of ether oxygens (including phenoxy) is 1. The van der Waals surface area contributed by atoms with Crippen LogP contribution in [-0.4, -0.2) is 12.1 Å². The van der Waals surface area contributed by atoms with Crippen molar-refractivity contribution in [1.29, 1.82) is 0 Å². The van der Waals surface area contributed by atoms with Gasteiger partial charge in [0, 0.05) is 6.92 Å². The molecule has 0 heterocycles. The van der Waals surface area contributed by atoms with E-state index in [-0.39, 0.29) is 12.1 Å². The summed E-state index contributed by atoms with van der Waals surface area (Å²) < 4.78 is 5.33. The van der Waals surface area contributed by atoms with Crippen molar-refractivity contribution in [3.8, 4) is 0 Å². The first kappa shape index (κ1) is 10.6. The van der Waals surface area contributed by atoms with Crippen LogP contribution in [0.25, 0.3) is 0 Å². The lowest BCUT2D eigenvalue weighted by atomic mass is 9.79. The third kappa shape index (κ3) is 3.02. The second-order valence-corrected chi connectivity index (χ2v) is 4.34. The molecule has 2 heteroatoms. The van der Waals surface area contributed by atoms with Gasteiger partial charge in [-0.25, -0.2) is 0 Å². The zero-order valence-electron chi connectivity index (χ0n) is 8.88. The second kappa shape index (κ2) is 4.64. The Bertz CT molecular complexity index is 175. The highest BCUT2D eigenvalue weighted by molar-refractivity contribution is 5.66. The summed E-state index contributed by atoms with van der Waals surface area (Å²) in [5.74, 6) is 1.08. The Balaban J connectivity index is 2.51. The zero-order valence-corrected chi connectivity index (χ0v) is 8.88. The van der Waals surface area contributed by atoms with Gasteiger partial charge in [-0.15, -0.1) is 0 Å². The third-order valence-corrected chi connectivity index (χ3v) is 2.93. The van der Waals surface area contributed by atoms with Crippen LogP contribution in [0.15, 0.2) is 0 Å². The number of hydrogen-bond acceptors (Lipinski definition) is 2. The minimum atomic E-state index is -0.127.